The van der Waals surface area contributed by atoms with E-state index in [-0.39, 0.29) is 11.3 Å². The van der Waals surface area contributed by atoms with Crippen molar-refractivity contribution >= 4 is 5.91 Å². The molecule has 0 N–H and O–H groups in total. The van der Waals surface area contributed by atoms with Crippen LogP contribution >= 0.6 is 0 Å². The van der Waals surface area contributed by atoms with Crippen LogP contribution in [-0.4, -0.2) is 62.7 Å². The highest BCUT2D eigenvalue weighted by Gasteiger charge is 2.50. The number of carbonyl (C=O) groups excluding carboxylic acids is 1. The fourth-order valence-electron chi connectivity index (χ4n) is 4.19. The highest BCUT2D eigenvalue weighted by molar-refractivity contribution is 5.79. The standard InChI is InChI=1S/C18H26N2O2/c1-19-11-16(12-22-2)18(13-19)8-9-20(14-18)17(21)10-15-6-4-3-5-7-15/h3-7,16H,8-14H2,1-2H3/t16-,18+/m1/s1. The SMILES string of the molecule is COC[C@H]1CN(C)C[C@]12CCN(C(=O)Cc1ccccc1)C2. The van der Waals surface area contributed by atoms with E-state index in [9.17, 15) is 4.79 Å². The van der Waals surface area contributed by atoms with Gasteiger partial charge in [-0.2, -0.15) is 0 Å². The molecular weight excluding hydrogens is 276 g/mol. The molecule has 3 rings (SSSR count). The van der Waals surface area contributed by atoms with Gasteiger partial charge in [0.05, 0.1) is 13.0 Å². The number of carbonyl (C=O) groups is 1. The van der Waals surface area contributed by atoms with E-state index in [1.807, 2.05) is 30.3 Å². The summed E-state index contributed by atoms with van der Waals surface area (Å²) in [6, 6.07) is 10.0. The Labute approximate surface area is 133 Å². The van der Waals surface area contributed by atoms with Crippen molar-refractivity contribution in [2.75, 3.05) is 46.9 Å². The number of hydrogen-bond acceptors (Lipinski definition) is 3. The van der Waals surface area contributed by atoms with Gasteiger partial charge >= 0.3 is 0 Å². The smallest absolute Gasteiger partial charge is 0.227 e. The lowest BCUT2D eigenvalue weighted by Gasteiger charge is -2.30. The summed E-state index contributed by atoms with van der Waals surface area (Å²) in [6.07, 6.45) is 1.62. The molecule has 4 nitrogen and oxygen atoms in total. The van der Waals surface area contributed by atoms with Crippen molar-refractivity contribution in [3.05, 3.63) is 35.9 Å². The van der Waals surface area contributed by atoms with E-state index in [1.54, 1.807) is 7.11 Å². The van der Waals surface area contributed by atoms with Crippen LogP contribution in [0.4, 0.5) is 0 Å². The molecule has 1 aromatic carbocycles. The predicted octanol–water partition coefficient (Wildman–Crippen LogP) is 1.66. The van der Waals surface area contributed by atoms with Crippen LogP contribution in [0.3, 0.4) is 0 Å². The fourth-order valence-corrected chi connectivity index (χ4v) is 4.19. The third-order valence-corrected chi connectivity index (χ3v) is 5.29. The van der Waals surface area contributed by atoms with E-state index in [0.29, 0.717) is 12.3 Å². The second-order valence-electron chi connectivity index (χ2n) is 6.94. The first kappa shape index (κ1) is 15.5. The summed E-state index contributed by atoms with van der Waals surface area (Å²) < 4.78 is 5.42. The summed E-state index contributed by atoms with van der Waals surface area (Å²) in [4.78, 5) is 17.0. The number of nitrogens with zero attached hydrogens (tertiary/aromatic N) is 2. The quantitative estimate of drug-likeness (QED) is 0.848. The molecule has 1 aromatic rings. The highest BCUT2D eigenvalue weighted by atomic mass is 16.5. The van der Waals surface area contributed by atoms with Crippen molar-refractivity contribution in [1.29, 1.82) is 0 Å². The number of likely N-dealkylation sites (tertiary alicyclic amines) is 2. The van der Waals surface area contributed by atoms with Crippen molar-refractivity contribution in [2.45, 2.75) is 12.8 Å². The molecule has 2 aliphatic rings. The summed E-state index contributed by atoms with van der Waals surface area (Å²) in [6.45, 7) is 4.73. The van der Waals surface area contributed by atoms with Crippen LogP contribution in [0.2, 0.25) is 0 Å². The summed E-state index contributed by atoms with van der Waals surface area (Å²) in [5.41, 5.74) is 1.34. The molecule has 0 radical (unpaired) electrons. The van der Waals surface area contributed by atoms with Crippen LogP contribution in [0, 0.1) is 11.3 Å². The molecule has 0 saturated carbocycles. The summed E-state index contributed by atoms with van der Waals surface area (Å²) in [5, 5.41) is 0. The second kappa shape index (κ2) is 6.39. The molecule has 2 atom stereocenters. The van der Waals surface area contributed by atoms with Gasteiger partial charge in [-0.1, -0.05) is 30.3 Å². The maximum absolute atomic E-state index is 12.6. The fraction of sp³-hybridized carbons (Fsp3) is 0.611. The first-order chi connectivity index (χ1) is 10.6. The largest absolute Gasteiger partial charge is 0.384 e. The average molecular weight is 302 g/mol. The van der Waals surface area contributed by atoms with Gasteiger partial charge in [-0.15, -0.1) is 0 Å². The molecule has 2 aliphatic heterocycles. The first-order valence-corrected chi connectivity index (χ1v) is 8.12. The second-order valence-corrected chi connectivity index (χ2v) is 6.94. The Morgan fingerprint density at radius 3 is 2.82 bits per heavy atom. The zero-order chi connectivity index (χ0) is 15.6. The highest BCUT2D eigenvalue weighted by Crippen LogP contribution is 2.43. The van der Waals surface area contributed by atoms with E-state index in [0.717, 1.165) is 44.8 Å². The number of amides is 1. The van der Waals surface area contributed by atoms with Crippen molar-refractivity contribution in [2.24, 2.45) is 11.3 Å². The molecular formula is C18H26N2O2. The molecule has 2 fully saturated rings. The lowest BCUT2D eigenvalue weighted by Crippen LogP contribution is -2.38. The van der Waals surface area contributed by atoms with Gasteiger partial charge in [-0.05, 0) is 19.0 Å². The van der Waals surface area contributed by atoms with Crippen LogP contribution in [-0.2, 0) is 16.0 Å². The summed E-state index contributed by atoms with van der Waals surface area (Å²) >= 11 is 0. The average Bonchev–Trinajstić information content (AvgIpc) is 3.05. The van der Waals surface area contributed by atoms with Gasteiger partial charge in [0, 0.05) is 44.6 Å². The van der Waals surface area contributed by atoms with Crippen LogP contribution in [0.1, 0.15) is 12.0 Å². The van der Waals surface area contributed by atoms with E-state index >= 15 is 0 Å². The number of benzene rings is 1. The monoisotopic (exact) mass is 302 g/mol. The Morgan fingerprint density at radius 2 is 2.09 bits per heavy atom. The van der Waals surface area contributed by atoms with Gasteiger partial charge in [0.1, 0.15) is 0 Å². The molecule has 1 amide bonds. The third-order valence-electron chi connectivity index (χ3n) is 5.29. The Balaban J connectivity index is 1.65. The van der Waals surface area contributed by atoms with Crippen LogP contribution in [0.5, 0.6) is 0 Å². The van der Waals surface area contributed by atoms with Gasteiger partial charge < -0.3 is 14.5 Å². The van der Waals surface area contributed by atoms with Crippen molar-refractivity contribution in [3.8, 4) is 0 Å². The van der Waals surface area contributed by atoms with Crippen molar-refractivity contribution in [3.63, 3.8) is 0 Å². The van der Waals surface area contributed by atoms with Crippen molar-refractivity contribution in [1.82, 2.24) is 9.80 Å². The minimum absolute atomic E-state index is 0.233. The lowest BCUT2D eigenvalue weighted by molar-refractivity contribution is -0.130. The maximum Gasteiger partial charge on any atom is 0.227 e. The first-order valence-electron chi connectivity index (χ1n) is 8.12. The minimum Gasteiger partial charge on any atom is -0.384 e. The van der Waals surface area contributed by atoms with Gasteiger partial charge in [0.2, 0.25) is 5.91 Å². The Hall–Kier alpha value is -1.39. The molecule has 22 heavy (non-hydrogen) atoms. The molecule has 0 unspecified atom stereocenters. The normalized spacial score (nSPS) is 28.6. The van der Waals surface area contributed by atoms with Crippen molar-refractivity contribution < 1.29 is 9.53 Å². The maximum atomic E-state index is 12.6. The van der Waals surface area contributed by atoms with Gasteiger partial charge in [0.25, 0.3) is 0 Å². The summed E-state index contributed by atoms with van der Waals surface area (Å²) in [7, 11) is 3.95. The predicted molar refractivity (Wildman–Crippen MR) is 86.6 cm³/mol. The molecule has 0 aromatic heterocycles. The Morgan fingerprint density at radius 1 is 1.32 bits per heavy atom. The zero-order valence-electron chi connectivity index (χ0n) is 13.6. The molecule has 2 heterocycles. The third kappa shape index (κ3) is 3.03. The Bertz CT molecular complexity index is 519. The molecule has 120 valence electrons. The van der Waals surface area contributed by atoms with Crippen LogP contribution < -0.4 is 0 Å². The van der Waals surface area contributed by atoms with E-state index in [4.69, 9.17) is 4.74 Å². The number of rotatable bonds is 4. The van der Waals surface area contributed by atoms with E-state index in [1.165, 1.54) is 0 Å². The van der Waals surface area contributed by atoms with Gasteiger partial charge in [-0.3, -0.25) is 4.79 Å². The molecule has 4 heteroatoms. The molecule has 1 spiro atoms. The van der Waals surface area contributed by atoms with Crippen LogP contribution in [0.25, 0.3) is 0 Å². The summed E-state index contributed by atoms with van der Waals surface area (Å²) in [5.74, 6) is 0.797. The molecule has 0 aliphatic carbocycles. The number of ether oxygens (including phenoxy) is 1. The minimum atomic E-state index is 0.233. The zero-order valence-corrected chi connectivity index (χ0v) is 13.6. The number of methoxy groups -OCH3 is 1. The Kier molecular flexibility index (Phi) is 4.50. The molecule has 0 bridgehead atoms. The van der Waals surface area contributed by atoms with E-state index in [2.05, 4.69) is 16.8 Å². The number of hydrogen-bond donors (Lipinski definition) is 0. The van der Waals surface area contributed by atoms with Crippen LogP contribution in [0.15, 0.2) is 30.3 Å². The lowest BCUT2D eigenvalue weighted by atomic mass is 9.77. The van der Waals surface area contributed by atoms with Gasteiger partial charge in [-0.25, -0.2) is 0 Å². The topological polar surface area (TPSA) is 32.8 Å². The molecule has 2 saturated heterocycles. The van der Waals surface area contributed by atoms with Gasteiger partial charge in [0.15, 0.2) is 0 Å². The van der Waals surface area contributed by atoms with E-state index < -0.39 is 0 Å².